The van der Waals surface area contributed by atoms with Crippen molar-refractivity contribution in [1.29, 1.82) is 0 Å². The zero-order valence-corrected chi connectivity index (χ0v) is 10.8. The molecule has 0 saturated heterocycles. The van der Waals surface area contributed by atoms with Gasteiger partial charge in [-0.25, -0.2) is 0 Å². The SMILES string of the molecule is O=C(Cc1ccccc1)NNC(=O)[C@H]1CC=CCC1. The van der Waals surface area contributed by atoms with Crippen LogP contribution in [-0.2, 0) is 16.0 Å². The summed E-state index contributed by atoms with van der Waals surface area (Å²) in [6.07, 6.45) is 6.89. The number of benzene rings is 1. The maximum atomic E-state index is 11.8. The van der Waals surface area contributed by atoms with Gasteiger partial charge in [0.05, 0.1) is 6.42 Å². The van der Waals surface area contributed by atoms with Gasteiger partial charge in [-0.1, -0.05) is 42.5 Å². The van der Waals surface area contributed by atoms with E-state index in [9.17, 15) is 9.59 Å². The molecule has 0 aliphatic heterocycles. The number of allylic oxidation sites excluding steroid dienone is 2. The molecule has 1 aliphatic carbocycles. The van der Waals surface area contributed by atoms with Crippen LogP contribution in [0.1, 0.15) is 24.8 Å². The van der Waals surface area contributed by atoms with Crippen molar-refractivity contribution in [1.82, 2.24) is 10.9 Å². The predicted octanol–water partition coefficient (Wildman–Crippen LogP) is 1.73. The molecule has 2 N–H and O–H groups in total. The molecule has 100 valence electrons. The first-order valence-corrected chi connectivity index (χ1v) is 6.53. The van der Waals surface area contributed by atoms with Gasteiger partial charge >= 0.3 is 0 Å². The van der Waals surface area contributed by atoms with Crippen molar-refractivity contribution < 1.29 is 9.59 Å². The minimum atomic E-state index is -0.203. The van der Waals surface area contributed by atoms with Crippen molar-refractivity contribution >= 4 is 11.8 Å². The van der Waals surface area contributed by atoms with Gasteiger partial charge in [-0.05, 0) is 24.8 Å². The molecule has 0 aromatic heterocycles. The van der Waals surface area contributed by atoms with Gasteiger partial charge in [-0.3, -0.25) is 20.4 Å². The fourth-order valence-electron chi connectivity index (χ4n) is 2.09. The van der Waals surface area contributed by atoms with Crippen molar-refractivity contribution in [3.05, 3.63) is 48.0 Å². The summed E-state index contributed by atoms with van der Waals surface area (Å²) >= 11 is 0. The van der Waals surface area contributed by atoms with E-state index in [1.807, 2.05) is 36.4 Å². The van der Waals surface area contributed by atoms with E-state index in [1.165, 1.54) is 0 Å². The topological polar surface area (TPSA) is 58.2 Å². The zero-order chi connectivity index (χ0) is 13.5. The molecule has 1 atom stereocenters. The van der Waals surface area contributed by atoms with Crippen LogP contribution in [0.2, 0.25) is 0 Å². The first kappa shape index (κ1) is 13.3. The molecule has 2 amide bonds. The molecule has 4 heteroatoms. The third-order valence-electron chi connectivity index (χ3n) is 3.17. The minimum absolute atomic E-state index is 0.0259. The second-order valence-electron chi connectivity index (χ2n) is 4.68. The molecule has 0 bridgehead atoms. The van der Waals surface area contributed by atoms with Crippen LogP contribution in [0.15, 0.2) is 42.5 Å². The molecule has 0 spiro atoms. The molecule has 0 unspecified atom stereocenters. The van der Waals surface area contributed by atoms with Crippen molar-refractivity contribution in [3.8, 4) is 0 Å². The number of nitrogens with one attached hydrogen (secondary N) is 2. The number of carbonyl (C=O) groups excluding carboxylic acids is 2. The first-order chi connectivity index (χ1) is 9.25. The van der Waals surface area contributed by atoms with Crippen LogP contribution in [0.5, 0.6) is 0 Å². The summed E-state index contributed by atoms with van der Waals surface area (Å²) in [5.41, 5.74) is 5.89. The largest absolute Gasteiger partial charge is 0.273 e. The summed E-state index contributed by atoms with van der Waals surface area (Å²) in [7, 11) is 0. The Morgan fingerprint density at radius 1 is 1.11 bits per heavy atom. The van der Waals surface area contributed by atoms with Crippen LogP contribution in [0, 0.1) is 5.92 Å². The Kier molecular flexibility index (Phi) is 4.72. The van der Waals surface area contributed by atoms with Crippen molar-refractivity contribution in [2.45, 2.75) is 25.7 Å². The lowest BCUT2D eigenvalue weighted by atomic mass is 9.94. The van der Waals surface area contributed by atoms with E-state index in [0.29, 0.717) is 0 Å². The van der Waals surface area contributed by atoms with Crippen molar-refractivity contribution in [2.24, 2.45) is 5.92 Å². The minimum Gasteiger partial charge on any atom is -0.273 e. The van der Waals surface area contributed by atoms with E-state index >= 15 is 0 Å². The van der Waals surface area contributed by atoms with Crippen LogP contribution in [0.3, 0.4) is 0 Å². The molecule has 0 fully saturated rings. The summed E-state index contributed by atoms with van der Waals surface area (Å²) in [4.78, 5) is 23.5. The smallest absolute Gasteiger partial charge is 0.242 e. The number of hydrazine groups is 1. The highest BCUT2D eigenvalue weighted by atomic mass is 16.2. The third kappa shape index (κ3) is 4.25. The third-order valence-corrected chi connectivity index (χ3v) is 3.17. The second-order valence-corrected chi connectivity index (χ2v) is 4.68. The Balaban J connectivity index is 1.74. The fourth-order valence-corrected chi connectivity index (χ4v) is 2.09. The summed E-state index contributed by atoms with van der Waals surface area (Å²) in [5, 5.41) is 0. The van der Waals surface area contributed by atoms with Crippen molar-refractivity contribution in [3.63, 3.8) is 0 Å². The van der Waals surface area contributed by atoms with Crippen LogP contribution >= 0.6 is 0 Å². The van der Waals surface area contributed by atoms with E-state index in [0.717, 1.165) is 24.8 Å². The fraction of sp³-hybridized carbons (Fsp3) is 0.333. The quantitative estimate of drug-likeness (QED) is 0.641. The highest BCUT2D eigenvalue weighted by Crippen LogP contribution is 2.17. The van der Waals surface area contributed by atoms with Crippen LogP contribution in [0.4, 0.5) is 0 Å². The molecular formula is C15H18N2O2. The molecular weight excluding hydrogens is 240 g/mol. The Morgan fingerprint density at radius 2 is 1.89 bits per heavy atom. The summed E-state index contributed by atoms with van der Waals surface area (Å²) in [6, 6.07) is 9.44. The maximum absolute atomic E-state index is 11.8. The van der Waals surface area contributed by atoms with Crippen LogP contribution in [-0.4, -0.2) is 11.8 Å². The van der Waals surface area contributed by atoms with E-state index in [1.54, 1.807) is 0 Å². The normalized spacial score (nSPS) is 17.8. The van der Waals surface area contributed by atoms with Crippen molar-refractivity contribution in [2.75, 3.05) is 0 Å². The van der Waals surface area contributed by atoms with E-state index < -0.39 is 0 Å². The summed E-state index contributed by atoms with van der Waals surface area (Å²) < 4.78 is 0. The number of amides is 2. The standard InChI is InChI=1S/C15H18N2O2/c18-14(11-12-7-3-1-4-8-12)16-17-15(19)13-9-5-2-6-10-13/h1-5,7-8,13H,6,9-11H2,(H,16,18)(H,17,19)/t13-/m0/s1. The first-order valence-electron chi connectivity index (χ1n) is 6.53. The lowest BCUT2D eigenvalue weighted by Gasteiger charge is -2.17. The lowest BCUT2D eigenvalue weighted by Crippen LogP contribution is -2.45. The number of rotatable bonds is 3. The number of hydrogen-bond acceptors (Lipinski definition) is 2. The van der Waals surface area contributed by atoms with Gasteiger partial charge in [0, 0.05) is 5.92 Å². The van der Waals surface area contributed by atoms with E-state index in [2.05, 4.69) is 16.9 Å². The highest BCUT2D eigenvalue weighted by Gasteiger charge is 2.18. The Labute approximate surface area is 112 Å². The van der Waals surface area contributed by atoms with Gasteiger partial charge in [0.25, 0.3) is 0 Å². The number of carbonyl (C=O) groups is 2. The van der Waals surface area contributed by atoms with E-state index in [-0.39, 0.29) is 24.2 Å². The van der Waals surface area contributed by atoms with Gasteiger partial charge in [0.15, 0.2) is 0 Å². The van der Waals surface area contributed by atoms with Gasteiger partial charge < -0.3 is 0 Å². The predicted molar refractivity (Wildman–Crippen MR) is 72.9 cm³/mol. The molecule has 19 heavy (non-hydrogen) atoms. The van der Waals surface area contributed by atoms with Crippen LogP contribution in [0.25, 0.3) is 0 Å². The highest BCUT2D eigenvalue weighted by molar-refractivity contribution is 5.84. The van der Waals surface area contributed by atoms with Gasteiger partial charge in [0.1, 0.15) is 0 Å². The lowest BCUT2D eigenvalue weighted by molar-refractivity contribution is -0.131. The second kappa shape index (κ2) is 6.73. The molecule has 0 radical (unpaired) electrons. The summed E-state index contributed by atoms with van der Waals surface area (Å²) in [6.45, 7) is 0. The average molecular weight is 258 g/mol. The molecule has 1 aliphatic rings. The average Bonchev–Trinajstić information content (AvgIpc) is 2.47. The molecule has 0 saturated carbocycles. The summed E-state index contributed by atoms with van der Waals surface area (Å²) in [5.74, 6) is -0.335. The van der Waals surface area contributed by atoms with Crippen LogP contribution < -0.4 is 10.9 Å². The molecule has 4 nitrogen and oxygen atoms in total. The molecule has 1 aromatic rings. The Bertz CT molecular complexity index is 468. The van der Waals surface area contributed by atoms with Gasteiger partial charge in [0.2, 0.25) is 11.8 Å². The molecule has 0 heterocycles. The molecule has 1 aromatic carbocycles. The zero-order valence-electron chi connectivity index (χ0n) is 10.8. The molecule has 2 rings (SSSR count). The van der Waals surface area contributed by atoms with E-state index in [4.69, 9.17) is 0 Å². The van der Waals surface area contributed by atoms with Gasteiger partial charge in [-0.15, -0.1) is 0 Å². The Hall–Kier alpha value is -2.10. The monoisotopic (exact) mass is 258 g/mol. The Morgan fingerprint density at radius 3 is 2.58 bits per heavy atom. The van der Waals surface area contributed by atoms with Gasteiger partial charge in [-0.2, -0.15) is 0 Å². The number of hydrogen-bond donors (Lipinski definition) is 2. The maximum Gasteiger partial charge on any atom is 0.242 e.